The van der Waals surface area contributed by atoms with E-state index in [1.54, 1.807) is 11.8 Å². The number of rotatable bonds is 2. The smallest absolute Gasteiger partial charge is 0.388 e. The lowest BCUT2D eigenvalue weighted by molar-refractivity contribution is -0.137. The second-order valence-electron chi connectivity index (χ2n) is 5.31. The molecule has 4 nitrogen and oxygen atoms in total. The lowest BCUT2D eigenvalue weighted by atomic mass is 10.0. The Morgan fingerprint density at radius 3 is 2.55 bits per heavy atom. The van der Waals surface area contributed by atoms with Crippen molar-refractivity contribution in [2.75, 3.05) is 18.0 Å². The lowest BCUT2D eigenvalue weighted by Gasteiger charge is -2.22. The van der Waals surface area contributed by atoms with E-state index in [1.807, 2.05) is 0 Å². The average Bonchev–Trinajstić information content (AvgIpc) is 2.67. The minimum Gasteiger partial charge on any atom is -0.388 e. The van der Waals surface area contributed by atoms with E-state index in [9.17, 15) is 18.3 Å². The van der Waals surface area contributed by atoms with E-state index in [-0.39, 0.29) is 5.56 Å². The molecule has 1 aliphatic rings. The first-order valence-electron chi connectivity index (χ1n) is 6.13. The van der Waals surface area contributed by atoms with Gasteiger partial charge in [0, 0.05) is 24.3 Å². The van der Waals surface area contributed by atoms with E-state index in [2.05, 4.69) is 0 Å². The number of hydrogen-bond donors (Lipinski definition) is 3. The van der Waals surface area contributed by atoms with Gasteiger partial charge in [-0.05, 0) is 31.5 Å². The first kappa shape index (κ1) is 14.6. The molecule has 0 saturated carbocycles. The zero-order chi connectivity index (χ0) is 15.1. The van der Waals surface area contributed by atoms with Crippen molar-refractivity contribution in [1.82, 2.24) is 0 Å². The molecule has 1 aromatic rings. The Bertz CT molecular complexity index is 540. The van der Waals surface area contributed by atoms with Gasteiger partial charge in [-0.1, -0.05) is 0 Å². The number of nitrogen functional groups attached to an aromatic ring is 1. The summed E-state index contributed by atoms with van der Waals surface area (Å²) in [5.74, 6) is -0.620. The van der Waals surface area contributed by atoms with Crippen LogP contribution in [0.3, 0.4) is 0 Å². The van der Waals surface area contributed by atoms with Gasteiger partial charge in [-0.2, -0.15) is 13.2 Å². The Morgan fingerprint density at radius 2 is 2.10 bits per heavy atom. The number of hydrogen-bond acceptors (Lipinski definition) is 3. The molecule has 4 N–H and O–H groups in total. The van der Waals surface area contributed by atoms with Crippen molar-refractivity contribution in [2.24, 2.45) is 5.73 Å². The van der Waals surface area contributed by atoms with Crippen LogP contribution < -0.4 is 10.6 Å². The van der Waals surface area contributed by atoms with E-state index in [0.29, 0.717) is 25.2 Å². The standard InChI is InChI=1S/C13H16F3N3O/c1-12(20)4-5-19(7-12)8-2-3-10(13(14,15)16)9(6-8)11(17)18/h2-3,6,20H,4-5,7H2,1H3,(H3,17,18). The first-order chi connectivity index (χ1) is 9.10. The molecule has 110 valence electrons. The molecule has 1 aliphatic heterocycles. The topological polar surface area (TPSA) is 73.3 Å². The summed E-state index contributed by atoms with van der Waals surface area (Å²) < 4.78 is 38.5. The van der Waals surface area contributed by atoms with Crippen LogP contribution in [0.2, 0.25) is 0 Å². The summed E-state index contributed by atoms with van der Waals surface area (Å²) >= 11 is 0. The van der Waals surface area contributed by atoms with E-state index in [1.165, 1.54) is 12.1 Å². The van der Waals surface area contributed by atoms with E-state index in [0.717, 1.165) is 6.07 Å². The third kappa shape index (κ3) is 2.87. The van der Waals surface area contributed by atoms with Crippen LogP contribution in [0.15, 0.2) is 18.2 Å². The average molecular weight is 287 g/mol. The number of nitrogens with zero attached hydrogens (tertiary/aromatic N) is 1. The highest BCUT2D eigenvalue weighted by Gasteiger charge is 2.36. The van der Waals surface area contributed by atoms with Crippen LogP contribution in [0.25, 0.3) is 0 Å². The summed E-state index contributed by atoms with van der Waals surface area (Å²) in [6.07, 6.45) is -4.00. The predicted molar refractivity (Wildman–Crippen MR) is 69.9 cm³/mol. The second kappa shape index (κ2) is 4.66. The van der Waals surface area contributed by atoms with Crippen LogP contribution in [0.5, 0.6) is 0 Å². The normalized spacial score (nSPS) is 23.1. The Morgan fingerprint density at radius 1 is 1.45 bits per heavy atom. The van der Waals surface area contributed by atoms with Gasteiger partial charge < -0.3 is 15.7 Å². The van der Waals surface area contributed by atoms with Gasteiger partial charge in [-0.15, -0.1) is 0 Å². The van der Waals surface area contributed by atoms with Gasteiger partial charge >= 0.3 is 6.18 Å². The molecule has 1 aromatic carbocycles. The van der Waals surface area contributed by atoms with Crippen molar-refractivity contribution in [1.29, 1.82) is 5.41 Å². The SMILES string of the molecule is CC1(O)CCN(c2ccc(C(F)(F)F)c(C(=N)N)c2)C1. The maximum atomic E-state index is 12.8. The summed E-state index contributed by atoms with van der Waals surface area (Å²) in [6.45, 7) is 2.58. The van der Waals surface area contributed by atoms with Crippen molar-refractivity contribution in [3.63, 3.8) is 0 Å². The summed E-state index contributed by atoms with van der Waals surface area (Å²) in [7, 11) is 0. The molecule has 0 radical (unpaired) electrons. The second-order valence-corrected chi connectivity index (χ2v) is 5.31. The molecule has 1 fully saturated rings. The van der Waals surface area contributed by atoms with Crippen molar-refractivity contribution in [3.05, 3.63) is 29.3 Å². The van der Waals surface area contributed by atoms with Crippen molar-refractivity contribution in [2.45, 2.75) is 25.1 Å². The first-order valence-corrected chi connectivity index (χ1v) is 6.13. The van der Waals surface area contributed by atoms with Crippen LogP contribution >= 0.6 is 0 Å². The molecular formula is C13H16F3N3O. The maximum Gasteiger partial charge on any atom is 0.417 e. The summed E-state index contributed by atoms with van der Waals surface area (Å²) in [5.41, 5.74) is 3.68. The maximum absolute atomic E-state index is 12.8. The fraction of sp³-hybridized carbons (Fsp3) is 0.462. The van der Waals surface area contributed by atoms with Crippen LogP contribution in [-0.4, -0.2) is 29.6 Å². The Labute approximate surface area is 114 Å². The van der Waals surface area contributed by atoms with Crippen molar-refractivity contribution < 1.29 is 18.3 Å². The Balaban J connectivity index is 2.39. The number of nitrogens with one attached hydrogen (secondary N) is 1. The Kier molecular flexibility index (Phi) is 3.41. The van der Waals surface area contributed by atoms with Crippen LogP contribution in [0, 0.1) is 5.41 Å². The number of halogens is 3. The molecule has 0 bridgehead atoms. The zero-order valence-corrected chi connectivity index (χ0v) is 11.0. The predicted octanol–water partition coefficient (Wildman–Crippen LogP) is 1.95. The fourth-order valence-corrected chi connectivity index (χ4v) is 2.36. The molecule has 0 aromatic heterocycles. The van der Waals surface area contributed by atoms with Crippen molar-refractivity contribution >= 4 is 11.5 Å². The van der Waals surface area contributed by atoms with Gasteiger partial charge in [0.05, 0.1) is 11.2 Å². The third-order valence-electron chi connectivity index (χ3n) is 3.42. The number of nitrogens with two attached hydrogens (primary N) is 1. The Hall–Kier alpha value is -1.76. The number of benzene rings is 1. The minimum absolute atomic E-state index is 0.332. The molecule has 20 heavy (non-hydrogen) atoms. The lowest BCUT2D eigenvalue weighted by Crippen LogP contribution is -2.30. The highest BCUT2D eigenvalue weighted by atomic mass is 19.4. The monoisotopic (exact) mass is 287 g/mol. The molecule has 7 heteroatoms. The van der Waals surface area contributed by atoms with Gasteiger partial charge in [0.2, 0.25) is 0 Å². The molecule has 1 unspecified atom stereocenters. The third-order valence-corrected chi connectivity index (χ3v) is 3.42. The fourth-order valence-electron chi connectivity index (χ4n) is 2.36. The van der Waals surface area contributed by atoms with Gasteiger partial charge in [-0.3, -0.25) is 5.41 Å². The number of amidine groups is 1. The largest absolute Gasteiger partial charge is 0.417 e. The molecule has 0 spiro atoms. The van der Waals surface area contributed by atoms with Crippen LogP contribution in [0.4, 0.5) is 18.9 Å². The van der Waals surface area contributed by atoms with Gasteiger partial charge in [0.25, 0.3) is 0 Å². The summed E-state index contributed by atoms with van der Waals surface area (Å²) in [4.78, 5) is 1.78. The van der Waals surface area contributed by atoms with Crippen molar-refractivity contribution in [3.8, 4) is 0 Å². The van der Waals surface area contributed by atoms with Crippen LogP contribution in [0.1, 0.15) is 24.5 Å². The van der Waals surface area contributed by atoms with Gasteiger partial charge in [0.1, 0.15) is 5.84 Å². The highest BCUT2D eigenvalue weighted by molar-refractivity contribution is 5.97. The van der Waals surface area contributed by atoms with Crippen LogP contribution in [-0.2, 0) is 6.18 Å². The van der Waals surface area contributed by atoms with Gasteiger partial charge in [0.15, 0.2) is 0 Å². The number of alkyl halides is 3. The summed E-state index contributed by atoms with van der Waals surface area (Å²) in [6, 6.07) is 3.53. The van der Waals surface area contributed by atoms with E-state index in [4.69, 9.17) is 11.1 Å². The molecule has 0 amide bonds. The molecule has 0 aliphatic carbocycles. The van der Waals surface area contributed by atoms with E-state index < -0.39 is 23.2 Å². The van der Waals surface area contributed by atoms with Gasteiger partial charge in [-0.25, -0.2) is 0 Å². The summed E-state index contributed by atoms with van der Waals surface area (Å²) in [5, 5.41) is 17.2. The molecule has 1 heterocycles. The molecule has 2 rings (SSSR count). The van der Waals surface area contributed by atoms with E-state index >= 15 is 0 Å². The minimum atomic E-state index is -4.55. The highest BCUT2D eigenvalue weighted by Crippen LogP contribution is 2.35. The molecular weight excluding hydrogens is 271 g/mol. The number of β-amino-alcohol motifs (C(OH)–C–C–N with tert-alkyl or cyclic N) is 1. The number of aliphatic hydroxyl groups is 1. The molecule has 1 saturated heterocycles. The zero-order valence-electron chi connectivity index (χ0n) is 11.0. The number of anilines is 1. The molecule has 1 atom stereocenters. The quantitative estimate of drug-likeness (QED) is 0.575.